The summed E-state index contributed by atoms with van der Waals surface area (Å²) in [6.45, 7) is 2.18. The third kappa shape index (κ3) is 4.86. The third-order valence-electron chi connectivity index (χ3n) is 2.13. The number of unbranched alkanes of at least 4 members (excludes halogenated alkanes) is 1. The van der Waals surface area contributed by atoms with Gasteiger partial charge >= 0.3 is 0 Å². The summed E-state index contributed by atoms with van der Waals surface area (Å²) in [6.07, 6.45) is 2.73. The van der Waals surface area contributed by atoms with Gasteiger partial charge in [0.05, 0.1) is 0 Å². The van der Waals surface area contributed by atoms with Gasteiger partial charge in [0.25, 0.3) is 0 Å². The monoisotopic (exact) mass is 193 g/mol. The normalized spacial score (nSPS) is 10.5. The topological polar surface area (TPSA) is 12.0 Å². The van der Waals surface area contributed by atoms with E-state index in [4.69, 9.17) is 0 Å². The highest BCUT2D eigenvalue weighted by Gasteiger charge is 1.89. The standard InChI is InChI=1S/C11H19NSi/c13-9-5-4-8-12-10-11-6-2-1-3-7-11/h1-3,6-7,12H,4-5,8-10H2,13H3. The predicted molar refractivity (Wildman–Crippen MR) is 62.1 cm³/mol. The molecule has 0 unspecified atom stereocenters. The summed E-state index contributed by atoms with van der Waals surface area (Å²) in [5, 5.41) is 3.45. The Kier molecular flexibility index (Phi) is 5.53. The molecule has 1 aromatic carbocycles. The van der Waals surface area contributed by atoms with Crippen molar-refractivity contribution < 1.29 is 0 Å². The molecule has 0 saturated heterocycles. The Bertz CT molecular complexity index is 211. The van der Waals surface area contributed by atoms with Crippen LogP contribution in [0.1, 0.15) is 18.4 Å². The first kappa shape index (κ1) is 10.5. The molecule has 0 saturated carbocycles. The van der Waals surface area contributed by atoms with Crippen molar-refractivity contribution in [3.05, 3.63) is 35.9 Å². The smallest absolute Gasteiger partial charge is 0.0205 e. The molecular formula is C11H19NSi. The summed E-state index contributed by atoms with van der Waals surface area (Å²) in [5.74, 6) is 0. The fourth-order valence-corrected chi connectivity index (χ4v) is 1.83. The van der Waals surface area contributed by atoms with Crippen LogP contribution in [0.3, 0.4) is 0 Å². The Morgan fingerprint density at radius 2 is 1.85 bits per heavy atom. The van der Waals surface area contributed by atoms with E-state index in [1.165, 1.54) is 34.7 Å². The molecule has 0 fully saturated rings. The Labute approximate surface area is 84.0 Å². The van der Waals surface area contributed by atoms with Crippen LogP contribution in [0.5, 0.6) is 0 Å². The molecule has 0 radical (unpaired) electrons. The summed E-state index contributed by atoms with van der Waals surface area (Å²) < 4.78 is 0. The SMILES string of the molecule is [SiH3]CCCCNCc1ccccc1. The molecular weight excluding hydrogens is 174 g/mol. The van der Waals surface area contributed by atoms with Crippen LogP contribution in [0.2, 0.25) is 6.04 Å². The highest BCUT2D eigenvalue weighted by molar-refractivity contribution is 6.08. The van der Waals surface area contributed by atoms with Crippen LogP contribution in [0.15, 0.2) is 30.3 Å². The first-order chi connectivity index (χ1) is 6.43. The minimum absolute atomic E-state index is 1.02. The number of hydrogen-bond acceptors (Lipinski definition) is 1. The molecule has 0 aromatic heterocycles. The number of nitrogens with one attached hydrogen (secondary N) is 1. The maximum Gasteiger partial charge on any atom is 0.0205 e. The van der Waals surface area contributed by atoms with Gasteiger partial charge in [0.15, 0.2) is 0 Å². The highest BCUT2D eigenvalue weighted by Crippen LogP contribution is 1.97. The summed E-state index contributed by atoms with van der Waals surface area (Å²) in [5.41, 5.74) is 1.38. The molecule has 13 heavy (non-hydrogen) atoms. The van der Waals surface area contributed by atoms with Crippen LogP contribution >= 0.6 is 0 Å². The number of benzene rings is 1. The zero-order valence-corrected chi connectivity index (χ0v) is 10.4. The average Bonchev–Trinajstić information content (AvgIpc) is 2.19. The summed E-state index contributed by atoms with van der Waals surface area (Å²) in [6, 6.07) is 12.0. The maximum absolute atomic E-state index is 3.45. The van der Waals surface area contributed by atoms with Crippen LogP contribution < -0.4 is 5.32 Å². The van der Waals surface area contributed by atoms with Gasteiger partial charge in [0, 0.05) is 16.8 Å². The van der Waals surface area contributed by atoms with Crippen molar-refractivity contribution >= 4 is 10.2 Å². The Hall–Kier alpha value is -0.603. The van der Waals surface area contributed by atoms with Gasteiger partial charge in [-0.25, -0.2) is 0 Å². The van der Waals surface area contributed by atoms with E-state index in [1.54, 1.807) is 0 Å². The molecule has 0 atom stereocenters. The Morgan fingerprint density at radius 1 is 1.08 bits per heavy atom. The molecule has 0 aliphatic heterocycles. The fraction of sp³-hybridized carbons (Fsp3) is 0.455. The minimum atomic E-state index is 1.02. The zero-order chi connectivity index (χ0) is 9.36. The molecule has 0 heterocycles. The van der Waals surface area contributed by atoms with Gasteiger partial charge in [-0.3, -0.25) is 0 Å². The van der Waals surface area contributed by atoms with Crippen LogP contribution in [0.4, 0.5) is 0 Å². The van der Waals surface area contributed by atoms with Crippen molar-refractivity contribution in [2.45, 2.75) is 25.4 Å². The van der Waals surface area contributed by atoms with Gasteiger partial charge in [0.1, 0.15) is 0 Å². The lowest BCUT2D eigenvalue weighted by atomic mass is 10.2. The van der Waals surface area contributed by atoms with Crippen molar-refractivity contribution in [2.75, 3.05) is 6.54 Å². The van der Waals surface area contributed by atoms with Crippen LogP contribution in [-0.2, 0) is 6.54 Å². The van der Waals surface area contributed by atoms with Crippen LogP contribution in [0, 0.1) is 0 Å². The second-order valence-corrected chi connectivity index (χ2v) is 4.37. The predicted octanol–water partition coefficient (Wildman–Crippen LogP) is 1.34. The molecule has 0 aliphatic rings. The van der Waals surface area contributed by atoms with Gasteiger partial charge < -0.3 is 5.32 Å². The molecule has 72 valence electrons. The molecule has 0 spiro atoms. The maximum atomic E-state index is 3.45. The number of hydrogen-bond donors (Lipinski definition) is 1. The molecule has 0 amide bonds. The molecule has 1 rings (SSSR count). The summed E-state index contributed by atoms with van der Waals surface area (Å²) >= 11 is 0. The van der Waals surface area contributed by atoms with Crippen molar-refractivity contribution in [2.24, 2.45) is 0 Å². The van der Waals surface area contributed by atoms with E-state index in [-0.39, 0.29) is 0 Å². The average molecular weight is 193 g/mol. The van der Waals surface area contributed by atoms with E-state index < -0.39 is 0 Å². The van der Waals surface area contributed by atoms with E-state index in [1.807, 2.05) is 0 Å². The molecule has 0 aliphatic carbocycles. The lowest BCUT2D eigenvalue weighted by molar-refractivity contribution is 0.641. The van der Waals surface area contributed by atoms with Crippen LogP contribution in [0.25, 0.3) is 0 Å². The molecule has 0 bridgehead atoms. The second-order valence-electron chi connectivity index (χ2n) is 3.37. The van der Waals surface area contributed by atoms with Gasteiger partial charge in [-0.2, -0.15) is 0 Å². The van der Waals surface area contributed by atoms with Gasteiger partial charge in [-0.05, 0) is 18.5 Å². The molecule has 2 heteroatoms. The lowest BCUT2D eigenvalue weighted by Gasteiger charge is -2.03. The zero-order valence-electron chi connectivity index (χ0n) is 8.42. The second kappa shape index (κ2) is 6.86. The van der Waals surface area contributed by atoms with E-state index in [9.17, 15) is 0 Å². The van der Waals surface area contributed by atoms with Gasteiger partial charge in [0.2, 0.25) is 0 Å². The van der Waals surface area contributed by atoms with Crippen molar-refractivity contribution in [3.63, 3.8) is 0 Å². The fourth-order valence-electron chi connectivity index (χ4n) is 1.33. The van der Waals surface area contributed by atoms with Gasteiger partial charge in [-0.1, -0.05) is 42.8 Å². The summed E-state index contributed by atoms with van der Waals surface area (Å²) in [7, 11) is 1.36. The largest absolute Gasteiger partial charge is 0.313 e. The lowest BCUT2D eigenvalue weighted by Crippen LogP contribution is -2.14. The molecule has 1 aromatic rings. The van der Waals surface area contributed by atoms with E-state index >= 15 is 0 Å². The first-order valence-electron chi connectivity index (χ1n) is 5.18. The van der Waals surface area contributed by atoms with Crippen LogP contribution in [-0.4, -0.2) is 16.8 Å². The third-order valence-corrected chi connectivity index (χ3v) is 2.84. The molecule has 1 N–H and O–H groups in total. The Balaban J connectivity index is 2.07. The quantitative estimate of drug-likeness (QED) is 0.531. The highest BCUT2D eigenvalue weighted by atomic mass is 28.1. The van der Waals surface area contributed by atoms with Crippen molar-refractivity contribution in [1.29, 1.82) is 0 Å². The van der Waals surface area contributed by atoms with E-state index in [0.29, 0.717) is 0 Å². The summed E-state index contributed by atoms with van der Waals surface area (Å²) in [4.78, 5) is 0. The van der Waals surface area contributed by atoms with Crippen molar-refractivity contribution in [3.8, 4) is 0 Å². The van der Waals surface area contributed by atoms with Crippen molar-refractivity contribution in [1.82, 2.24) is 5.32 Å². The van der Waals surface area contributed by atoms with E-state index in [0.717, 1.165) is 13.1 Å². The molecule has 1 nitrogen and oxygen atoms in total. The van der Waals surface area contributed by atoms with E-state index in [2.05, 4.69) is 35.6 Å². The Morgan fingerprint density at radius 3 is 2.54 bits per heavy atom. The first-order valence-corrected chi connectivity index (χ1v) is 6.59. The van der Waals surface area contributed by atoms with Gasteiger partial charge in [-0.15, -0.1) is 0 Å². The number of rotatable bonds is 6. The minimum Gasteiger partial charge on any atom is -0.313 e.